The van der Waals surface area contributed by atoms with Crippen molar-refractivity contribution in [2.75, 3.05) is 19.6 Å². The van der Waals surface area contributed by atoms with Crippen LogP contribution in [0.4, 0.5) is 0 Å². The summed E-state index contributed by atoms with van der Waals surface area (Å²) in [5.41, 5.74) is 2.68. The highest BCUT2D eigenvalue weighted by Crippen LogP contribution is 2.22. The third-order valence-electron chi connectivity index (χ3n) is 4.38. The van der Waals surface area contributed by atoms with Crippen LogP contribution in [0.1, 0.15) is 37.4 Å². The second-order valence-corrected chi connectivity index (χ2v) is 6.04. The zero-order valence-corrected chi connectivity index (χ0v) is 11.9. The maximum atomic E-state index is 4.56. The molecule has 3 heteroatoms. The number of nitrogens with one attached hydrogen (secondary N) is 1. The van der Waals surface area contributed by atoms with Crippen molar-refractivity contribution in [1.82, 2.24) is 15.2 Å². The molecule has 1 unspecified atom stereocenters. The van der Waals surface area contributed by atoms with Crippen LogP contribution >= 0.6 is 0 Å². The lowest BCUT2D eigenvalue weighted by Gasteiger charge is -2.17. The fraction of sp³-hybridized carbons (Fsp3) is 0.688. The Labute approximate surface area is 116 Å². The van der Waals surface area contributed by atoms with Gasteiger partial charge in [0.05, 0.1) is 5.69 Å². The molecule has 1 aromatic rings. The minimum Gasteiger partial charge on any atom is -0.314 e. The third-order valence-corrected chi connectivity index (χ3v) is 4.38. The molecular weight excluding hydrogens is 234 g/mol. The molecule has 0 spiro atoms. The van der Waals surface area contributed by atoms with Crippen molar-refractivity contribution in [2.24, 2.45) is 5.92 Å². The number of hydrogen-bond acceptors (Lipinski definition) is 3. The number of rotatable bonds is 6. The van der Waals surface area contributed by atoms with Gasteiger partial charge in [-0.25, -0.2) is 0 Å². The quantitative estimate of drug-likeness (QED) is 0.849. The molecule has 3 nitrogen and oxygen atoms in total. The normalized spacial score (nSPS) is 23.9. The number of nitrogens with zero attached hydrogens (tertiary/aromatic N) is 2. The van der Waals surface area contributed by atoms with Crippen molar-refractivity contribution >= 4 is 0 Å². The van der Waals surface area contributed by atoms with Gasteiger partial charge in [-0.3, -0.25) is 9.88 Å². The van der Waals surface area contributed by atoms with Gasteiger partial charge in [0.2, 0.25) is 0 Å². The topological polar surface area (TPSA) is 28.2 Å². The van der Waals surface area contributed by atoms with Crippen LogP contribution in [0.3, 0.4) is 0 Å². The summed E-state index contributed by atoms with van der Waals surface area (Å²) >= 11 is 0. The molecule has 0 aromatic carbocycles. The van der Waals surface area contributed by atoms with Crippen molar-refractivity contribution in [2.45, 2.75) is 45.2 Å². The van der Waals surface area contributed by atoms with Crippen LogP contribution in [0, 0.1) is 5.92 Å². The van der Waals surface area contributed by atoms with E-state index in [1.807, 2.05) is 6.20 Å². The molecule has 0 radical (unpaired) electrons. The highest BCUT2D eigenvalue weighted by Gasteiger charge is 2.26. The Bertz CT molecular complexity index is 414. The van der Waals surface area contributed by atoms with E-state index in [4.69, 9.17) is 0 Å². The van der Waals surface area contributed by atoms with Crippen molar-refractivity contribution in [1.29, 1.82) is 0 Å². The summed E-state index contributed by atoms with van der Waals surface area (Å²) in [4.78, 5) is 7.14. The minimum absolute atomic E-state index is 0.842. The summed E-state index contributed by atoms with van der Waals surface area (Å²) in [5, 5.41) is 3.66. The number of likely N-dealkylation sites (tertiary alicyclic amines) is 1. The van der Waals surface area contributed by atoms with Crippen LogP contribution in [-0.2, 0) is 13.0 Å². The molecule has 1 aliphatic carbocycles. The summed E-state index contributed by atoms with van der Waals surface area (Å²) < 4.78 is 0. The van der Waals surface area contributed by atoms with Crippen LogP contribution in [0.25, 0.3) is 0 Å². The fourth-order valence-electron chi connectivity index (χ4n) is 2.99. The molecule has 1 saturated carbocycles. The van der Waals surface area contributed by atoms with Gasteiger partial charge >= 0.3 is 0 Å². The van der Waals surface area contributed by atoms with E-state index in [-0.39, 0.29) is 0 Å². The first kappa shape index (κ1) is 13.1. The number of aromatic nitrogens is 1. The Morgan fingerprint density at radius 1 is 1.37 bits per heavy atom. The summed E-state index contributed by atoms with van der Waals surface area (Å²) in [5.74, 6) is 0.842. The molecule has 1 N–H and O–H groups in total. The molecule has 1 aliphatic heterocycles. The smallest absolute Gasteiger partial charge is 0.0575 e. The first-order valence-electron chi connectivity index (χ1n) is 7.73. The Morgan fingerprint density at radius 3 is 3.05 bits per heavy atom. The lowest BCUT2D eigenvalue weighted by molar-refractivity contribution is 0.309. The number of aryl methyl sites for hydroxylation is 1. The highest BCUT2D eigenvalue weighted by molar-refractivity contribution is 5.19. The molecule has 2 aliphatic rings. The van der Waals surface area contributed by atoms with E-state index in [2.05, 4.69) is 34.3 Å². The van der Waals surface area contributed by atoms with Gasteiger partial charge in [-0.2, -0.15) is 0 Å². The van der Waals surface area contributed by atoms with Gasteiger partial charge in [-0.1, -0.05) is 13.0 Å². The molecule has 104 valence electrons. The maximum absolute atomic E-state index is 4.56. The molecule has 1 saturated heterocycles. The van der Waals surface area contributed by atoms with Crippen molar-refractivity contribution in [3.8, 4) is 0 Å². The van der Waals surface area contributed by atoms with Crippen molar-refractivity contribution < 1.29 is 0 Å². The molecule has 2 fully saturated rings. The SMILES string of the molecule is CCc1cccnc1CN1CCC(CNC2CC2)C1. The van der Waals surface area contributed by atoms with E-state index in [1.54, 1.807) is 0 Å². The van der Waals surface area contributed by atoms with Gasteiger partial charge in [0, 0.05) is 25.3 Å². The van der Waals surface area contributed by atoms with Crippen LogP contribution in [0.5, 0.6) is 0 Å². The zero-order chi connectivity index (χ0) is 13.1. The summed E-state index contributed by atoms with van der Waals surface area (Å²) in [6, 6.07) is 5.11. The number of pyridine rings is 1. The van der Waals surface area contributed by atoms with E-state index in [1.165, 1.54) is 50.2 Å². The van der Waals surface area contributed by atoms with Crippen molar-refractivity contribution in [3.63, 3.8) is 0 Å². The van der Waals surface area contributed by atoms with Gasteiger partial charge in [0.15, 0.2) is 0 Å². The monoisotopic (exact) mass is 259 g/mol. The molecule has 0 amide bonds. The Kier molecular flexibility index (Phi) is 4.14. The average molecular weight is 259 g/mol. The van der Waals surface area contributed by atoms with Gasteiger partial charge < -0.3 is 5.32 Å². The predicted octanol–water partition coefficient (Wildman–Crippen LogP) is 2.22. The summed E-state index contributed by atoms with van der Waals surface area (Å²) in [7, 11) is 0. The van der Waals surface area contributed by atoms with E-state index in [9.17, 15) is 0 Å². The second kappa shape index (κ2) is 6.02. The maximum Gasteiger partial charge on any atom is 0.0575 e. The summed E-state index contributed by atoms with van der Waals surface area (Å²) in [6.45, 7) is 6.93. The highest BCUT2D eigenvalue weighted by atomic mass is 15.2. The second-order valence-electron chi connectivity index (χ2n) is 6.04. The van der Waals surface area contributed by atoms with Gasteiger partial charge in [0.1, 0.15) is 0 Å². The van der Waals surface area contributed by atoms with Gasteiger partial charge in [-0.15, -0.1) is 0 Å². The molecule has 19 heavy (non-hydrogen) atoms. The largest absolute Gasteiger partial charge is 0.314 e. The van der Waals surface area contributed by atoms with E-state index >= 15 is 0 Å². The van der Waals surface area contributed by atoms with Crippen molar-refractivity contribution in [3.05, 3.63) is 29.6 Å². The number of hydrogen-bond donors (Lipinski definition) is 1. The zero-order valence-electron chi connectivity index (χ0n) is 11.9. The van der Waals surface area contributed by atoms with Crippen LogP contribution in [-0.4, -0.2) is 35.6 Å². The molecule has 1 atom stereocenters. The first-order chi connectivity index (χ1) is 9.35. The van der Waals surface area contributed by atoms with Gasteiger partial charge in [-0.05, 0) is 56.3 Å². The molecule has 2 heterocycles. The van der Waals surface area contributed by atoms with E-state index in [0.717, 1.165) is 24.9 Å². The third kappa shape index (κ3) is 3.54. The standard InChI is InChI=1S/C16H25N3/c1-2-14-4-3-8-17-16(14)12-19-9-7-13(11-19)10-18-15-5-6-15/h3-4,8,13,15,18H,2,5-7,9-12H2,1H3. The average Bonchev–Trinajstić information content (AvgIpc) is 3.17. The predicted molar refractivity (Wildman–Crippen MR) is 78.0 cm³/mol. The molecule has 3 rings (SSSR count). The summed E-state index contributed by atoms with van der Waals surface area (Å²) in [6.07, 6.45) is 7.14. The first-order valence-corrected chi connectivity index (χ1v) is 7.73. The minimum atomic E-state index is 0.842. The molecule has 1 aromatic heterocycles. The van der Waals surface area contributed by atoms with Crippen LogP contribution in [0.15, 0.2) is 18.3 Å². The van der Waals surface area contributed by atoms with E-state index < -0.39 is 0 Å². The fourth-order valence-corrected chi connectivity index (χ4v) is 2.99. The lowest BCUT2D eigenvalue weighted by Crippen LogP contribution is -2.27. The molecule has 0 bridgehead atoms. The van der Waals surface area contributed by atoms with Crippen LogP contribution < -0.4 is 5.32 Å². The Morgan fingerprint density at radius 2 is 2.26 bits per heavy atom. The Hall–Kier alpha value is -0.930. The lowest BCUT2D eigenvalue weighted by atomic mass is 10.1. The van der Waals surface area contributed by atoms with Gasteiger partial charge in [0.25, 0.3) is 0 Å². The molecular formula is C16H25N3. The Balaban J connectivity index is 1.50. The van der Waals surface area contributed by atoms with Crippen LogP contribution in [0.2, 0.25) is 0 Å². The van der Waals surface area contributed by atoms with E-state index in [0.29, 0.717) is 0 Å².